The molecular formula is C14H21N3O. The normalized spacial score (nSPS) is 23.8. The van der Waals surface area contributed by atoms with E-state index in [0.29, 0.717) is 17.6 Å². The Kier molecular flexibility index (Phi) is 3.75. The Labute approximate surface area is 108 Å². The van der Waals surface area contributed by atoms with Gasteiger partial charge >= 0.3 is 6.03 Å². The van der Waals surface area contributed by atoms with Gasteiger partial charge in [0.1, 0.15) is 0 Å². The number of piperidine rings is 1. The van der Waals surface area contributed by atoms with Gasteiger partial charge in [-0.3, -0.25) is 0 Å². The van der Waals surface area contributed by atoms with Gasteiger partial charge in [-0.05, 0) is 49.9 Å². The van der Waals surface area contributed by atoms with Gasteiger partial charge in [-0.25, -0.2) is 4.79 Å². The summed E-state index contributed by atoms with van der Waals surface area (Å²) in [5.74, 6) is 0.566. The molecule has 18 heavy (non-hydrogen) atoms. The molecule has 0 bridgehead atoms. The molecule has 0 saturated carbocycles. The van der Waals surface area contributed by atoms with Crippen LogP contribution in [0.25, 0.3) is 0 Å². The minimum absolute atomic E-state index is 0.0150. The highest BCUT2D eigenvalue weighted by atomic mass is 16.2. The summed E-state index contributed by atoms with van der Waals surface area (Å²) < 4.78 is 0. The molecule has 2 rings (SSSR count). The van der Waals surface area contributed by atoms with Gasteiger partial charge in [-0.1, -0.05) is 6.92 Å². The zero-order valence-electron chi connectivity index (χ0n) is 11.0. The number of carbonyl (C=O) groups excluding carboxylic acids is 1. The first-order chi connectivity index (χ1) is 8.58. The molecule has 2 amide bonds. The number of hydrogen-bond donors (Lipinski definition) is 2. The van der Waals surface area contributed by atoms with E-state index in [1.54, 1.807) is 12.1 Å². The lowest BCUT2D eigenvalue weighted by Gasteiger charge is -2.37. The summed E-state index contributed by atoms with van der Waals surface area (Å²) in [6, 6.07) is 7.51. The molecule has 3 N–H and O–H groups in total. The molecule has 2 unspecified atom stereocenters. The summed E-state index contributed by atoms with van der Waals surface area (Å²) in [5, 5.41) is 2.92. The number of amides is 2. The zero-order valence-corrected chi connectivity index (χ0v) is 11.0. The standard InChI is InChI=1S/C14H21N3O/c1-10-4-3-9-17(11(10)2)14(18)16-13-7-5-12(15)6-8-13/h5-8,10-11H,3-4,9,15H2,1-2H3,(H,16,18). The van der Waals surface area contributed by atoms with Crippen molar-refractivity contribution >= 4 is 17.4 Å². The number of nitrogens with one attached hydrogen (secondary N) is 1. The Balaban J connectivity index is 2.01. The van der Waals surface area contributed by atoms with E-state index in [1.165, 1.54) is 6.42 Å². The number of hydrogen-bond acceptors (Lipinski definition) is 2. The van der Waals surface area contributed by atoms with Gasteiger partial charge in [-0.15, -0.1) is 0 Å². The molecule has 0 radical (unpaired) electrons. The van der Waals surface area contributed by atoms with Crippen molar-refractivity contribution in [2.45, 2.75) is 32.7 Å². The molecule has 2 atom stereocenters. The molecule has 98 valence electrons. The lowest BCUT2D eigenvalue weighted by atomic mass is 9.92. The van der Waals surface area contributed by atoms with Crippen LogP contribution in [0.5, 0.6) is 0 Å². The summed E-state index contributed by atoms with van der Waals surface area (Å²) >= 11 is 0. The van der Waals surface area contributed by atoms with Gasteiger partial charge in [-0.2, -0.15) is 0 Å². The fourth-order valence-corrected chi connectivity index (χ4v) is 2.38. The van der Waals surface area contributed by atoms with Crippen molar-refractivity contribution < 1.29 is 4.79 Å². The van der Waals surface area contributed by atoms with Crippen LogP contribution < -0.4 is 11.1 Å². The molecule has 1 heterocycles. The third kappa shape index (κ3) is 2.75. The maximum Gasteiger partial charge on any atom is 0.322 e. The summed E-state index contributed by atoms with van der Waals surface area (Å²) in [7, 11) is 0. The number of nitrogens with two attached hydrogens (primary N) is 1. The maximum absolute atomic E-state index is 12.2. The van der Waals surface area contributed by atoms with Crippen LogP contribution in [-0.2, 0) is 0 Å². The molecule has 4 nitrogen and oxygen atoms in total. The third-order valence-corrected chi connectivity index (χ3v) is 3.80. The third-order valence-electron chi connectivity index (χ3n) is 3.80. The summed E-state index contributed by atoms with van der Waals surface area (Å²) in [4.78, 5) is 14.1. The van der Waals surface area contributed by atoms with Crippen LogP contribution in [-0.4, -0.2) is 23.5 Å². The van der Waals surface area contributed by atoms with E-state index in [2.05, 4.69) is 19.2 Å². The molecule has 1 fully saturated rings. The van der Waals surface area contributed by atoms with Crippen molar-refractivity contribution in [3.63, 3.8) is 0 Å². The van der Waals surface area contributed by atoms with E-state index in [-0.39, 0.29) is 6.03 Å². The molecule has 0 aromatic heterocycles. The van der Waals surface area contributed by atoms with E-state index >= 15 is 0 Å². The average molecular weight is 247 g/mol. The second kappa shape index (κ2) is 5.29. The first-order valence-corrected chi connectivity index (χ1v) is 6.51. The maximum atomic E-state index is 12.2. The largest absolute Gasteiger partial charge is 0.399 e. The smallest absolute Gasteiger partial charge is 0.322 e. The molecule has 1 saturated heterocycles. The molecule has 1 aromatic carbocycles. The Bertz CT molecular complexity index is 416. The lowest BCUT2D eigenvalue weighted by molar-refractivity contribution is 0.139. The topological polar surface area (TPSA) is 58.4 Å². The number of nitrogen functional groups attached to an aromatic ring is 1. The molecule has 1 aliphatic heterocycles. The minimum atomic E-state index is -0.0150. The van der Waals surface area contributed by atoms with Crippen molar-refractivity contribution in [1.29, 1.82) is 0 Å². The van der Waals surface area contributed by atoms with E-state index in [0.717, 1.165) is 18.7 Å². The predicted molar refractivity (Wildman–Crippen MR) is 74.4 cm³/mol. The zero-order chi connectivity index (χ0) is 13.1. The van der Waals surface area contributed by atoms with Crippen molar-refractivity contribution in [1.82, 2.24) is 4.90 Å². The van der Waals surface area contributed by atoms with Gasteiger partial charge in [0.2, 0.25) is 0 Å². The van der Waals surface area contributed by atoms with Crippen molar-refractivity contribution in [2.24, 2.45) is 5.92 Å². The fraction of sp³-hybridized carbons (Fsp3) is 0.500. The highest BCUT2D eigenvalue weighted by Gasteiger charge is 2.28. The fourth-order valence-electron chi connectivity index (χ4n) is 2.38. The molecule has 4 heteroatoms. The van der Waals surface area contributed by atoms with Crippen LogP contribution in [0.1, 0.15) is 26.7 Å². The van der Waals surface area contributed by atoms with Gasteiger partial charge in [0.15, 0.2) is 0 Å². The van der Waals surface area contributed by atoms with Crippen LogP contribution in [0, 0.1) is 5.92 Å². The first kappa shape index (κ1) is 12.7. The summed E-state index contributed by atoms with van der Waals surface area (Å²) in [6.07, 6.45) is 2.29. The van der Waals surface area contributed by atoms with Crippen LogP contribution in [0.15, 0.2) is 24.3 Å². The van der Waals surface area contributed by atoms with Gasteiger partial charge in [0.05, 0.1) is 0 Å². The van der Waals surface area contributed by atoms with Gasteiger partial charge in [0, 0.05) is 24.0 Å². The Morgan fingerprint density at radius 2 is 2.00 bits per heavy atom. The Morgan fingerprint density at radius 3 is 2.67 bits per heavy atom. The molecule has 1 aromatic rings. The Morgan fingerprint density at radius 1 is 1.33 bits per heavy atom. The number of rotatable bonds is 1. The number of nitrogens with zero attached hydrogens (tertiary/aromatic N) is 1. The number of anilines is 2. The second-order valence-electron chi connectivity index (χ2n) is 5.11. The molecule has 0 aliphatic carbocycles. The van der Waals surface area contributed by atoms with Crippen molar-refractivity contribution in [3.05, 3.63) is 24.3 Å². The van der Waals surface area contributed by atoms with E-state index < -0.39 is 0 Å². The van der Waals surface area contributed by atoms with Crippen LogP contribution in [0.3, 0.4) is 0 Å². The highest BCUT2D eigenvalue weighted by molar-refractivity contribution is 5.89. The number of benzene rings is 1. The van der Waals surface area contributed by atoms with E-state index in [4.69, 9.17) is 5.73 Å². The van der Waals surface area contributed by atoms with E-state index in [9.17, 15) is 4.79 Å². The molecule has 0 spiro atoms. The summed E-state index contributed by atoms with van der Waals surface area (Å²) in [6.45, 7) is 5.16. The van der Waals surface area contributed by atoms with Crippen LogP contribution in [0.4, 0.5) is 16.2 Å². The Hall–Kier alpha value is -1.71. The SMILES string of the molecule is CC1CCCN(C(=O)Nc2ccc(N)cc2)C1C. The average Bonchev–Trinajstić information content (AvgIpc) is 2.35. The van der Waals surface area contributed by atoms with Crippen molar-refractivity contribution in [3.8, 4) is 0 Å². The van der Waals surface area contributed by atoms with Crippen LogP contribution >= 0.6 is 0 Å². The van der Waals surface area contributed by atoms with E-state index in [1.807, 2.05) is 17.0 Å². The molecular weight excluding hydrogens is 226 g/mol. The van der Waals surface area contributed by atoms with Gasteiger partial charge < -0.3 is 16.0 Å². The highest BCUT2D eigenvalue weighted by Crippen LogP contribution is 2.23. The predicted octanol–water partition coefficient (Wildman–Crippen LogP) is 2.92. The molecule has 1 aliphatic rings. The monoisotopic (exact) mass is 247 g/mol. The van der Waals surface area contributed by atoms with Gasteiger partial charge in [0.25, 0.3) is 0 Å². The van der Waals surface area contributed by atoms with Crippen molar-refractivity contribution in [2.75, 3.05) is 17.6 Å². The lowest BCUT2D eigenvalue weighted by Crippen LogP contribution is -2.47. The second-order valence-corrected chi connectivity index (χ2v) is 5.11. The number of likely N-dealkylation sites (tertiary alicyclic amines) is 1. The number of carbonyl (C=O) groups is 1. The van der Waals surface area contributed by atoms with Crippen LogP contribution in [0.2, 0.25) is 0 Å². The quantitative estimate of drug-likeness (QED) is 0.750. The first-order valence-electron chi connectivity index (χ1n) is 6.51. The summed E-state index contributed by atoms with van der Waals surface area (Å²) in [5.41, 5.74) is 7.11. The minimum Gasteiger partial charge on any atom is -0.399 e. The number of urea groups is 1.